The lowest BCUT2D eigenvalue weighted by molar-refractivity contribution is -0.302. The summed E-state index contributed by atoms with van der Waals surface area (Å²) in [4.78, 5) is 33.0. The molecule has 0 unspecified atom stereocenters. The third kappa shape index (κ3) is 8.36. The molecule has 1 saturated heterocycles. The minimum atomic E-state index is -1.51. The number of aromatic amines is 2. The summed E-state index contributed by atoms with van der Waals surface area (Å²) in [5.41, 5.74) is 15.2. The number of likely N-dealkylation sites (N-methyl/N-ethyl adjacent to an activating group) is 1. The molecular weight excluding hydrogens is 715 g/mol. The van der Waals surface area contributed by atoms with Gasteiger partial charge in [0.1, 0.15) is 24.4 Å². The van der Waals surface area contributed by atoms with Crippen molar-refractivity contribution in [2.24, 2.45) is 0 Å². The quantitative estimate of drug-likeness (QED) is 0.128. The molecule has 0 spiro atoms. The van der Waals surface area contributed by atoms with E-state index in [-0.39, 0.29) is 37.6 Å². The maximum atomic E-state index is 13.5. The van der Waals surface area contributed by atoms with Crippen molar-refractivity contribution in [2.45, 2.75) is 117 Å². The molecule has 3 aromatic heterocycles. The van der Waals surface area contributed by atoms with Gasteiger partial charge in [0.2, 0.25) is 5.91 Å². The van der Waals surface area contributed by atoms with Gasteiger partial charge in [-0.3, -0.25) is 9.78 Å². The SMILES string of the molecule is CCC1=C(C)c2cc3[nH]c(cc4nc(c(C)c5cc(C)c(cc1n2)[nH]5)[C@@H](CCC(=O)N(C)CCOCCO[C@@H]1O[C@H](CO)[C@@H](O)[C@H](O)[C@H]1O)[C@@H]4C)c(C)c3CC. The first-order valence-electron chi connectivity index (χ1n) is 19.9. The zero-order valence-corrected chi connectivity index (χ0v) is 34.0. The molecule has 13 nitrogen and oxygen atoms in total. The van der Waals surface area contributed by atoms with Gasteiger partial charge < -0.3 is 49.5 Å². The van der Waals surface area contributed by atoms with Crippen molar-refractivity contribution in [1.82, 2.24) is 24.8 Å². The number of amides is 1. The Morgan fingerprint density at radius 1 is 0.857 bits per heavy atom. The molecule has 3 aliphatic heterocycles. The van der Waals surface area contributed by atoms with Crippen LogP contribution in [0, 0.1) is 20.8 Å². The number of nitrogens with zero attached hydrogens (tertiary/aromatic N) is 3. The Bertz CT molecular complexity index is 2100. The van der Waals surface area contributed by atoms with E-state index >= 15 is 0 Å². The third-order valence-electron chi connectivity index (χ3n) is 11.9. The van der Waals surface area contributed by atoms with E-state index in [1.165, 1.54) is 22.3 Å². The minimum absolute atomic E-state index is 0.00943. The molecule has 304 valence electrons. The molecule has 6 rings (SSSR count). The number of fused-ring (bicyclic) bond motifs is 8. The van der Waals surface area contributed by atoms with Gasteiger partial charge in [0.15, 0.2) is 6.29 Å². The van der Waals surface area contributed by atoms with E-state index in [1.807, 2.05) is 0 Å². The van der Waals surface area contributed by atoms with Gasteiger partial charge in [0.25, 0.3) is 0 Å². The number of hydrogen-bond donors (Lipinski definition) is 6. The molecule has 0 aromatic carbocycles. The molecule has 0 saturated carbocycles. The first-order chi connectivity index (χ1) is 26.8. The van der Waals surface area contributed by atoms with Gasteiger partial charge >= 0.3 is 0 Å². The second-order valence-electron chi connectivity index (χ2n) is 15.4. The van der Waals surface area contributed by atoms with Gasteiger partial charge in [-0.05, 0) is 105 Å². The lowest BCUT2D eigenvalue weighted by Crippen LogP contribution is -2.59. The summed E-state index contributed by atoms with van der Waals surface area (Å²) in [5.74, 6) is 0.118. The van der Waals surface area contributed by atoms with E-state index in [4.69, 9.17) is 24.2 Å². The number of aliphatic hydroxyl groups excluding tert-OH is 4. The first kappa shape index (κ1) is 41.7. The molecule has 3 aromatic rings. The Morgan fingerprint density at radius 2 is 1.57 bits per heavy atom. The number of H-pyrrole nitrogens is 2. The normalized spacial score (nSPS) is 23.9. The molecule has 6 N–H and O–H groups in total. The van der Waals surface area contributed by atoms with Crippen molar-refractivity contribution < 1.29 is 39.4 Å². The highest BCUT2D eigenvalue weighted by Gasteiger charge is 2.44. The fourth-order valence-corrected chi connectivity index (χ4v) is 8.23. The molecule has 8 bridgehead atoms. The zero-order valence-electron chi connectivity index (χ0n) is 34.0. The number of aliphatic hydroxyl groups is 4. The van der Waals surface area contributed by atoms with Crippen molar-refractivity contribution in [2.75, 3.05) is 40.0 Å². The van der Waals surface area contributed by atoms with Crippen LogP contribution in [0.25, 0.3) is 33.2 Å². The van der Waals surface area contributed by atoms with Crippen LogP contribution in [0.4, 0.5) is 0 Å². The van der Waals surface area contributed by atoms with E-state index in [2.05, 4.69) is 82.7 Å². The Labute approximate surface area is 328 Å². The summed E-state index contributed by atoms with van der Waals surface area (Å²) < 4.78 is 16.5. The molecule has 7 atom stereocenters. The topological polar surface area (TPSA) is 186 Å². The molecule has 0 aliphatic carbocycles. The third-order valence-corrected chi connectivity index (χ3v) is 11.9. The van der Waals surface area contributed by atoms with E-state index < -0.39 is 37.3 Å². The fraction of sp³-hybridized carbons (Fsp3) is 0.558. The Kier molecular flexibility index (Phi) is 13.2. The summed E-state index contributed by atoms with van der Waals surface area (Å²) in [6.07, 6.45) is -3.92. The number of hydrogen-bond acceptors (Lipinski definition) is 10. The van der Waals surface area contributed by atoms with Crippen LogP contribution in [0.15, 0.2) is 24.3 Å². The van der Waals surface area contributed by atoms with Crippen molar-refractivity contribution >= 4 is 39.1 Å². The molecule has 3 aliphatic rings. The van der Waals surface area contributed by atoms with Crippen molar-refractivity contribution in [1.29, 1.82) is 0 Å². The van der Waals surface area contributed by atoms with E-state index in [1.54, 1.807) is 11.9 Å². The number of rotatable bonds is 13. The largest absolute Gasteiger partial charge is 0.394 e. The van der Waals surface area contributed by atoms with Crippen LogP contribution in [0.1, 0.15) is 104 Å². The molecule has 13 heteroatoms. The van der Waals surface area contributed by atoms with E-state index in [9.17, 15) is 25.2 Å². The minimum Gasteiger partial charge on any atom is -0.394 e. The molecule has 0 radical (unpaired) electrons. The maximum Gasteiger partial charge on any atom is 0.222 e. The van der Waals surface area contributed by atoms with Crippen molar-refractivity contribution in [3.05, 3.63) is 69.3 Å². The van der Waals surface area contributed by atoms with Crippen molar-refractivity contribution in [3.63, 3.8) is 0 Å². The fourth-order valence-electron chi connectivity index (χ4n) is 8.23. The average molecular weight is 774 g/mol. The van der Waals surface area contributed by atoms with E-state index in [0.29, 0.717) is 19.4 Å². The van der Waals surface area contributed by atoms with Gasteiger partial charge in [-0.15, -0.1) is 0 Å². The molecular formula is C43H59N5O8. The molecule has 6 heterocycles. The van der Waals surface area contributed by atoms with Crippen LogP contribution in [0.3, 0.4) is 0 Å². The predicted molar refractivity (Wildman–Crippen MR) is 216 cm³/mol. The zero-order chi connectivity index (χ0) is 40.4. The summed E-state index contributed by atoms with van der Waals surface area (Å²) in [6, 6.07) is 8.73. The Balaban J connectivity index is 1.19. The highest BCUT2D eigenvalue weighted by molar-refractivity contribution is 5.92. The van der Waals surface area contributed by atoms with Gasteiger partial charge in [-0.2, -0.15) is 0 Å². The number of aryl methyl sites for hydroxylation is 4. The smallest absolute Gasteiger partial charge is 0.222 e. The number of carbonyl (C=O) groups is 1. The van der Waals surface area contributed by atoms with E-state index in [0.717, 1.165) is 68.8 Å². The lowest BCUT2D eigenvalue weighted by Gasteiger charge is -2.39. The van der Waals surface area contributed by atoms with Crippen LogP contribution in [-0.4, -0.2) is 122 Å². The lowest BCUT2D eigenvalue weighted by atomic mass is 9.86. The van der Waals surface area contributed by atoms with Crippen LogP contribution in [0.2, 0.25) is 0 Å². The van der Waals surface area contributed by atoms with Gasteiger partial charge in [0, 0.05) is 65.3 Å². The molecule has 56 heavy (non-hydrogen) atoms. The van der Waals surface area contributed by atoms with Gasteiger partial charge in [-0.1, -0.05) is 20.8 Å². The number of ether oxygens (including phenoxy) is 3. The van der Waals surface area contributed by atoms with Gasteiger partial charge in [-0.25, -0.2) is 4.98 Å². The number of nitrogens with one attached hydrogen (secondary N) is 2. The van der Waals surface area contributed by atoms with Crippen LogP contribution < -0.4 is 0 Å². The summed E-state index contributed by atoms with van der Waals surface area (Å²) in [6.45, 7) is 15.5. The van der Waals surface area contributed by atoms with Crippen LogP contribution in [-0.2, 0) is 25.4 Å². The highest BCUT2D eigenvalue weighted by Crippen LogP contribution is 2.42. The first-order valence-corrected chi connectivity index (χ1v) is 19.9. The Morgan fingerprint density at radius 3 is 2.29 bits per heavy atom. The van der Waals surface area contributed by atoms with Crippen molar-refractivity contribution in [3.8, 4) is 0 Å². The average Bonchev–Trinajstić information content (AvgIpc) is 3.89. The monoisotopic (exact) mass is 773 g/mol. The summed E-state index contributed by atoms with van der Waals surface area (Å²) in [7, 11) is 1.77. The molecule has 1 fully saturated rings. The second kappa shape index (κ2) is 17.7. The maximum absolute atomic E-state index is 13.5. The standard InChI is InChI=1S/C43H59N5O8/c1-9-27-24(5)33-20-36-28(10-2)23(4)32(45-36)19-34-25(6)29(39(47-34)26(7)31-17-22(3)30(44-31)18-35(27)46-33)11-12-38(50)48(8)13-14-54-15-16-55-43-42(53)41(52)40(51)37(21-49)56-43/h17-20,25,29,37,40-45,49,51-53H,9-16,21H2,1-8H3/t25-,29-,37+,40+,41-,42+,43+/m0/s1. The summed E-state index contributed by atoms with van der Waals surface area (Å²) in [5, 5.41) is 39.4. The van der Waals surface area contributed by atoms with Crippen LogP contribution in [0.5, 0.6) is 0 Å². The highest BCUT2D eigenvalue weighted by atomic mass is 16.7. The number of aromatic nitrogens is 4. The second-order valence-corrected chi connectivity index (χ2v) is 15.4. The van der Waals surface area contributed by atoms with Crippen LogP contribution >= 0.6 is 0 Å². The Hall–Kier alpha value is -3.95. The summed E-state index contributed by atoms with van der Waals surface area (Å²) >= 11 is 0. The number of allylic oxidation sites excluding steroid dienone is 2. The number of carbonyl (C=O) groups excluding carboxylic acids is 1. The predicted octanol–water partition coefficient (Wildman–Crippen LogP) is 5.10. The molecule has 1 amide bonds. The van der Waals surface area contributed by atoms with Gasteiger partial charge in [0.05, 0.1) is 37.8 Å².